The van der Waals surface area contributed by atoms with Crippen molar-refractivity contribution in [3.05, 3.63) is 28.8 Å². The molecule has 0 aliphatic rings. The lowest BCUT2D eigenvalue weighted by Gasteiger charge is -2.38. The molecule has 0 unspecified atom stereocenters. The molecule has 208 valence electrons. The Labute approximate surface area is 230 Å². The summed E-state index contributed by atoms with van der Waals surface area (Å²) in [7, 11) is -2.40. The van der Waals surface area contributed by atoms with Crippen molar-refractivity contribution in [2.45, 2.75) is 135 Å². The summed E-state index contributed by atoms with van der Waals surface area (Å²) < 4.78 is 5.79. The van der Waals surface area contributed by atoms with Crippen LogP contribution in [-0.4, -0.2) is 33.5 Å². The molecule has 0 bridgehead atoms. The minimum absolute atomic E-state index is 0.478. The minimum atomic E-state index is -2.00. The Morgan fingerprint density at radius 3 is 1.08 bits per heavy atom. The van der Waals surface area contributed by atoms with Crippen LogP contribution in [0.4, 0.5) is 0 Å². The van der Waals surface area contributed by atoms with Crippen LogP contribution in [0.25, 0.3) is 0 Å². The zero-order chi connectivity index (χ0) is 28.9. The molecule has 0 spiro atoms. The Morgan fingerprint density at radius 1 is 0.595 bits per heavy atom. The van der Waals surface area contributed by atoms with E-state index in [2.05, 4.69) is 106 Å². The average molecular weight is 543 g/mol. The van der Waals surface area contributed by atoms with Crippen LogP contribution in [0.5, 0.6) is 5.75 Å². The monoisotopic (exact) mass is 542 g/mol. The predicted octanol–water partition coefficient (Wildman–Crippen LogP) is 8.51. The maximum absolute atomic E-state index is 11.3. The van der Waals surface area contributed by atoms with Gasteiger partial charge in [-0.05, 0) is 52.3 Å². The zero-order valence-electron chi connectivity index (χ0n) is 26.1. The molecule has 5 heteroatoms. The molecule has 3 nitrogen and oxygen atoms in total. The smallest absolute Gasteiger partial charge is 0.146 e. The molecule has 0 aliphatic carbocycles. The molecule has 0 radical (unpaired) electrons. The van der Waals surface area contributed by atoms with Gasteiger partial charge in [-0.1, -0.05) is 100 Å². The number of aliphatic hydroxyl groups excluding tert-OH is 2. The van der Waals surface area contributed by atoms with Crippen LogP contribution >= 0.6 is 0 Å². The Morgan fingerprint density at radius 2 is 0.865 bits per heavy atom. The largest absolute Gasteiger partial charge is 0.496 e. The van der Waals surface area contributed by atoms with E-state index in [9.17, 15) is 10.2 Å². The van der Waals surface area contributed by atoms with Crippen LogP contribution < -0.4 is 4.74 Å². The van der Waals surface area contributed by atoms with E-state index in [1.54, 1.807) is 7.11 Å². The number of aliphatic hydroxyl groups is 2. The second-order valence-electron chi connectivity index (χ2n) is 12.6. The first-order valence-electron chi connectivity index (χ1n) is 14.1. The van der Waals surface area contributed by atoms with Crippen molar-refractivity contribution in [2.24, 2.45) is 0 Å². The van der Waals surface area contributed by atoms with Gasteiger partial charge in [-0.25, -0.2) is 0 Å². The Balaban J connectivity index is 3.68. The molecule has 2 atom stereocenters. The SMILES string of the molecule is COc1c([C@H](O)C#C[Si](C(C)C)(C(C)C)C(C)C)cc(C)cc1[C@H](O)C#C[Si](C(C)C)(C(C)C)C(C)C. The summed E-state index contributed by atoms with van der Waals surface area (Å²) in [6, 6.07) is 3.83. The van der Waals surface area contributed by atoms with Crippen molar-refractivity contribution < 1.29 is 14.9 Å². The third-order valence-corrected chi connectivity index (χ3v) is 21.3. The summed E-state index contributed by atoms with van der Waals surface area (Å²) in [6.45, 7) is 29.2. The van der Waals surface area contributed by atoms with Crippen molar-refractivity contribution in [3.63, 3.8) is 0 Å². The van der Waals surface area contributed by atoms with Crippen molar-refractivity contribution in [1.82, 2.24) is 0 Å². The Hall–Kier alpha value is -1.51. The molecule has 0 saturated carbocycles. The van der Waals surface area contributed by atoms with Gasteiger partial charge < -0.3 is 14.9 Å². The first-order chi connectivity index (χ1) is 17.0. The molecule has 1 aromatic rings. The second kappa shape index (κ2) is 13.5. The van der Waals surface area contributed by atoms with Crippen molar-refractivity contribution >= 4 is 16.1 Å². The fourth-order valence-corrected chi connectivity index (χ4v) is 17.4. The lowest BCUT2D eigenvalue weighted by Crippen LogP contribution is -2.43. The number of benzene rings is 1. The van der Waals surface area contributed by atoms with Crippen LogP contribution in [0.3, 0.4) is 0 Å². The van der Waals surface area contributed by atoms with E-state index < -0.39 is 28.4 Å². The summed E-state index contributed by atoms with van der Waals surface area (Å²) in [5.41, 5.74) is 12.3. The molecule has 0 saturated heterocycles. The number of ether oxygens (including phenoxy) is 1. The van der Waals surface area contributed by atoms with Crippen LogP contribution in [0, 0.1) is 29.9 Å². The van der Waals surface area contributed by atoms with Gasteiger partial charge in [0.1, 0.15) is 34.1 Å². The summed E-state index contributed by atoms with van der Waals surface area (Å²) >= 11 is 0. The molecular formula is C32H54O3Si2. The van der Waals surface area contributed by atoms with E-state index in [1.165, 1.54) is 0 Å². The number of rotatable bonds is 9. The first kappa shape index (κ1) is 33.5. The molecule has 1 rings (SSSR count). The number of hydrogen-bond acceptors (Lipinski definition) is 3. The Bertz CT molecular complexity index is 895. The maximum atomic E-state index is 11.3. The van der Waals surface area contributed by atoms with E-state index in [0.717, 1.165) is 5.56 Å². The third kappa shape index (κ3) is 6.93. The fraction of sp³-hybridized carbons (Fsp3) is 0.688. The van der Waals surface area contributed by atoms with Crippen molar-refractivity contribution in [2.75, 3.05) is 7.11 Å². The summed E-state index contributed by atoms with van der Waals surface area (Å²) in [5, 5.41) is 22.6. The highest BCUT2D eigenvalue weighted by Gasteiger charge is 2.43. The minimum Gasteiger partial charge on any atom is -0.496 e. The maximum Gasteiger partial charge on any atom is 0.146 e. The normalized spacial score (nSPS) is 14.2. The molecular weight excluding hydrogens is 489 g/mol. The standard InChI is InChI=1S/C32H54O3Si2/c1-21(2)36(22(3)4,23(5)6)17-15-30(33)28-19-27(13)20-29(32(28)35-14)31(34)16-18-37(24(7)8,25(9)10)26(11)12/h19-26,30-31,33-34H,1-14H3/t30-,31-/m1/s1. The summed E-state index contributed by atoms with van der Waals surface area (Å²) in [6.07, 6.45) is -1.99. The molecule has 2 N–H and O–H groups in total. The third-order valence-electron chi connectivity index (χ3n) is 8.67. The second-order valence-corrected chi connectivity index (χ2v) is 23.8. The molecule has 0 aliphatic heterocycles. The molecule has 1 aromatic carbocycles. The van der Waals surface area contributed by atoms with Gasteiger partial charge >= 0.3 is 0 Å². The van der Waals surface area contributed by atoms with Crippen molar-refractivity contribution in [3.8, 4) is 28.7 Å². The predicted molar refractivity (Wildman–Crippen MR) is 165 cm³/mol. The lowest BCUT2D eigenvalue weighted by molar-refractivity contribution is 0.220. The fourth-order valence-electron chi connectivity index (χ4n) is 6.88. The molecule has 0 heterocycles. The molecule has 37 heavy (non-hydrogen) atoms. The summed E-state index contributed by atoms with van der Waals surface area (Å²) in [4.78, 5) is 0. The zero-order valence-corrected chi connectivity index (χ0v) is 28.1. The van der Waals surface area contributed by atoms with Crippen molar-refractivity contribution in [1.29, 1.82) is 0 Å². The lowest BCUT2D eigenvalue weighted by atomic mass is 9.98. The van der Waals surface area contributed by atoms with Crippen LogP contribution in [-0.2, 0) is 0 Å². The molecule has 0 fully saturated rings. The number of hydrogen-bond donors (Lipinski definition) is 2. The van der Waals surface area contributed by atoms with E-state index in [-0.39, 0.29) is 0 Å². The summed E-state index contributed by atoms with van der Waals surface area (Å²) in [5.74, 6) is 6.94. The highest BCUT2D eigenvalue weighted by molar-refractivity contribution is 6.91. The molecule has 0 aromatic heterocycles. The average Bonchev–Trinajstić information content (AvgIpc) is 2.77. The topological polar surface area (TPSA) is 49.7 Å². The van der Waals surface area contributed by atoms with Gasteiger partial charge in [0.15, 0.2) is 0 Å². The van der Waals surface area contributed by atoms with E-state index >= 15 is 0 Å². The number of methoxy groups -OCH3 is 1. The van der Waals surface area contributed by atoms with Gasteiger partial charge in [-0.2, -0.15) is 0 Å². The van der Waals surface area contributed by atoms with E-state index in [4.69, 9.17) is 4.74 Å². The van der Waals surface area contributed by atoms with Crippen LogP contribution in [0.1, 0.15) is 112 Å². The first-order valence-corrected chi connectivity index (χ1v) is 18.6. The number of aryl methyl sites for hydroxylation is 1. The quantitative estimate of drug-likeness (QED) is 0.243. The van der Waals surface area contributed by atoms with Crippen LogP contribution in [0.2, 0.25) is 33.2 Å². The van der Waals surface area contributed by atoms with Gasteiger partial charge in [0.2, 0.25) is 0 Å². The van der Waals surface area contributed by atoms with Gasteiger partial charge in [0.25, 0.3) is 0 Å². The Kier molecular flexibility index (Phi) is 12.3. The molecule has 0 amide bonds. The highest BCUT2D eigenvalue weighted by atomic mass is 28.3. The van der Waals surface area contributed by atoms with Gasteiger partial charge in [0.05, 0.1) is 7.11 Å². The van der Waals surface area contributed by atoms with Crippen LogP contribution in [0.15, 0.2) is 12.1 Å². The van der Waals surface area contributed by atoms with E-state index in [0.29, 0.717) is 50.1 Å². The van der Waals surface area contributed by atoms with Gasteiger partial charge in [-0.3, -0.25) is 0 Å². The highest BCUT2D eigenvalue weighted by Crippen LogP contribution is 2.43. The van der Waals surface area contributed by atoms with Gasteiger partial charge in [-0.15, -0.1) is 11.1 Å². The van der Waals surface area contributed by atoms with E-state index in [1.807, 2.05) is 19.1 Å². The van der Waals surface area contributed by atoms with Gasteiger partial charge in [0, 0.05) is 11.1 Å².